The summed E-state index contributed by atoms with van der Waals surface area (Å²) in [4.78, 5) is 15.5. The molecule has 2 unspecified atom stereocenters. The number of nitrogens with zero attached hydrogens (tertiary/aromatic N) is 2. The predicted octanol–water partition coefficient (Wildman–Crippen LogP) is 1.65. The summed E-state index contributed by atoms with van der Waals surface area (Å²) in [6, 6.07) is 0.643. The first-order chi connectivity index (χ1) is 7.77. The van der Waals surface area contributed by atoms with Crippen LogP contribution in [0.3, 0.4) is 0 Å². The maximum atomic E-state index is 10.9. The average Bonchev–Trinajstić information content (AvgIpc) is 2.19. The van der Waals surface area contributed by atoms with Crippen molar-refractivity contribution in [2.75, 3.05) is 20.1 Å². The first kappa shape index (κ1) is 14.5. The fourth-order valence-corrected chi connectivity index (χ4v) is 2.86. The van der Waals surface area contributed by atoms with Gasteiger partial charge >= 0.3 is 5.97 Å². The smallest absolute Gasteiger partial charge is 0.304 e. The van der Waals surface area contributed by atoms with Crippen molar-refractivity contribution in [2.45, 2.75) is 58.2 Å². The van der Waals surface area contributed by atoms with Crippen LogP contribution in [0, 0.1) is 0 Å². The highest BCUT2D eigenvalue weighted by atomic mass is 16.4. The Bertz CT molecular complexity index is 279. The molecule has 0 bridgehead atoms. The van der Waals surface area contributed by atoms with E-state index in [0.29, 0.717) is 6.04 Å². The Balaban J connectivity index is 2.78. The lowest BCUT2D eigenvalue weighted by Gasteiger charge is -2.52. The third-order valence-corrected chi connectivity index (χ3v) is 3.98. The molecule has 100 valence electrons. The lowest BCUT2D eigenvalue weighted by atomic mass is 9.92. The number of hydrogen-bond acceptors (Lipinski definition) is 3. The minimum Gasteiger partial charge on any atom is -0.481 e. The topological polar surface area (TPSA) is 43.8 Å². The second-order valence-electron chi connectivity index (χ2n) is 5.89. The summed E-state index contributed by atoms with van der Waals surface area (Å²) >= 11 is 0. The number of rotatable bonds is 4. The van der Waals surface area contributed by atoms with Crippen LogP contribution in [0.4, 0.5) is 0 Å². The van der Waals surface area contributed by atoms with E-state index >= 15 is 0 Å². The molecule has 4 heteroatoms. The van der Waals surface area contributed by atoms with E-state index in [-0.39, 0.29) is 18.0 Å². The van der Waals surface area contributed by atoms with Crippen molar-refractivity contribution in [1.29, 1.82) is 0 Å². The Kier molecular flexibility index (Phi) is 4.55. The molecule has 0 aromatic carbocycles. The fourth-order valence-electron chi connectivity index (χ4n) is 2.86. The summed E-state index contributed by atoms with van der Waals surface area (Å²) < 4.78 is 0. The second kappa shape index (κ2) is 5.36. The van der Waals surface area contributed by atoms with Crippen LogP contribution in [0.15, 0.2) is 0 Å². The van der Waals surface area contributed by atoms with Gasteiger partial charge in [0.2, 0.25) is 0 Å². The van der Waals surface area contributed by atoms with E-state index in [2.05, 4.69) is 37.5 Å². The molecule has 1 fully saturated rings. The zero-order valence-corrected chi connectivity index (χ0v) is 11.7. The van der Waals surface area contributed by atoms with Gasteiger partial charge in [0, 0.05) is 30.7 Å². The summed E-state index contributed by atoms with van der Waals surface area (Å²) in [5.41, 5.74) is 0.124. The van der Waals surface area contributed by atoms with Crippen molar-refractivity contribution in [3.05, 3.63) is 0 Å². The Labute approximate surface area is 105 Å². The van der Waals surface area contributed by atoms with Crippen molar-refractivity contribution in [3.63, 3.8) is 0 Å². The quantitative estimate of drug-likeness (QED) is 0.814. The van der Waals surface area contributed by atoms with Gasteiger partial charge in [-0.3, -0.25) is 14.6 Å². The molecule has 1 N–H and O–H groups in total. The van der Waals surface area contributed by atoms with Crippen LogP contribution < -0.4 is 0 Å². The number of likely N-dealkylation sites (N-methyl/N-ethyl adjacent to an activating group) is 1. The molecule has 1 rings (SSSR count). The summed E-state index contributed by atoms with van der Waals surface area (Å²) in [7, 11) is 2.03. The second-order valence-corrected chi connectivity index (χ2v) is 5.89. The van der Waals surface area contributed by atoms with E-state index in [1.54, 1.807) is 0 Å². The predicted molar refractivity (Wildman–Crippen MR) is 69.2 cm³/mol. The minimum atomic E-state index is -0.703. The van der Waals surface area contributed by atoms with Gasteiger partial charge in [0.25, 0.3) is 0 Å². The van der Waals surface area contributed by atoms with Gasteiger partial charge in [-0.15, -0.1) is 0 Å². The third kappa shape index (κ3) is 3.42. The van der Waals surface area contributed by atoms with Gasteiger partial charge in [0.15, 0.2) is 0 Å². The molecule has 17 heavy (non-hydrogen) atoms. The van der Waals surface area contributed by atoms with Crippen LogP contribution in [0.1, 0.15) is 40.5 Å². The molecule has 0 aliphatic carbocycles. The van der Waals surface area contributed by atoms with E-state index in [1.165, 1.54) is 0 Å². The number of carboxylic acids is 1. The highest BCUT2D eigenvalue weighted by Crippen LogP contribution is 2.27. The largest absolute Gasteiger partial charge is 0.481 e. The number of aliphatic carboxylic acids is 1. The third-order valence-electron chi connectivity index (χ3n) is 3.98. The van der Waals surface area contributed by atoms with Crippen molar-refractivity contribution in [3.8, 4) is 0 Å². The minimum absolute atomic E-state index is 0.124. The Morgan fingerprint density at radius 3 is 2.59 bits per heavy atom. The molecule has 1 saturated heterocycles. The molecule has 0 spiro atoms. The molecule has 0 radical (unpaired) electrons. The van der Waals surface area contributed by atoms with Crippen molar-refractivity contribution < 1.29 is 9.90 Å². The highest BCUT2D eigenvalue weighted by molar-refractivity contribution is 5.67. The van der Waals surface area contributed by atoms with Gasteiger partial charge in [-0.05, 0) is 34.2 Å². The van der Waals surface area contributed by atoms with Crippen LogP contribution in [0.2, 0.25) is 0 Å². The highest BCUT2D eigenvalue weighted by Gasteiger charge is 2.39. The van der Waals surface area contributed by atoms with Crippen molar-refractivity contribution in [1.82, 2.24) is 9.80 Å². The van der Waals surface area contributed by atoms with Gasteiger partial charge in [0.1, 0.15) is 0 Å². The molecule has 1 heterocycles. The van der Waals surface area contributed by atoms with Gasteiger partial charge in [-0.25, -0.2) is 0 Å². The molecule has 2 atom stereocenters. The first-order valence-electron chi connectivity index (χ1n) is 6.46. The standard InChI is InChI=1S/C13H26N2O2/c1-6-10(2)15-8-11(7-12(16)17)14(5)9-13(15,3)4/h10-11H,6-9H2,1-5H3,(H,16,17). The Morgan fingerprint density at radius 2 is 2.12 bits per heavy atom. The van der Waals surface area contributed by atoms with E-state index in [1.807, 2.05) is 7.05 Å². The number of piperazine rings is 1. The molecular formula is C13H26N2O2. The van der Waals surface area contributed by atoms with E-state index < -0.39 is 5.97 Å². The van der Waals surface area contributed by atoms with E-state index in [0.717, 1.165) is 19.5 Å². The van der Waals surface area contributed by atoms with Crippen LogP contribution in [-0.4, -0.2) is 58.6 Å². The molecule has 1 aliphatic heterocycles. The maximum Gasteiger partial charge on any atom is 0.304 e. The number of hydrogen-bond donors (Lipinski definition) is 1. The molecule has 0 amide bonds. The molecule has 0 saturated carbocycles. The van der Waals surface area contributed by atoms with Crippen LogP contribution >= 0.6 is 0 Å². The van der Waals surface area contributed by atoms with Crippen LogP contribution in [0.5, 0.6) is 0 Å². The fraction of sp³-hybridized carbons (Fsp3) is 0.923. The summed E-state index contributed by atoms with van der Waals surface area (Å²) in [6.45, 7) is 10.7. The summed E-state index contributed by atoms with van der Waals surface area (Å²) in [5.74, 6) is -0.703. The van der Waals surface area contributed by atoms with Gasteiger partial charge in [-0.1, -0.05) is 6.92 Å². The zero-order chi connectivity index (χ0) is 13.2. The number of carbonyl (C=O) groups is 1. The lowest BCUT2D eigenvalue weighted by Crippen LogP contribution is -2.64. The Hall–Kier alpha value is -0.610. The van der Waals surface area contributed by atoms with Gasteiger partial charge in [0.05, 0.1) is 6.42 Å². The zero-order valence-electron chi connectivity index (χ0n) is 11.7. The van der Waals surface area contributed by atoms with Crippen LogP contribution in [0.25, 0.3) is 0 Å². The Morgan fingerprint density at radius 1 is 1.53 bits per heavy atom. The first-order valence-corrected chi connectivity index (χ1v) is 6.46. The van der Waals surface area contributed by atoms with Crippen LogP contribution in [-0.2, 0) is 4.79 Å². The van der Waals surface area contributed by atoms with E-state index in [9.17, 15) is 4.79 Å². The molecule has 0 aromatic rings. The molecule has 4 nitrogen and oxygen atoms in total. The molecule has 1 aliphatic rings. The number of carboxylic acid groups (broad SMARTS) is 1. The van der Waals surface area contributed by atoms with Crippen molar-refractivity contribution >= 4 is 5.97 Å². The SMILES string of the molecule is CCC(C)N1CC(CC(=O)O)N(C)CC1(C)C. The summed E-state index contributed by atoms with van der Waals surface area (Å²) in [6.07, 6.45) is 1.34. The molecular weight excluding hydrogens is 216 g/mol. The normalized spacial score (nSPS) is 27.9. The average molecular weight is 242 g/mol. The van der Waals surface area contributed by atoms with Gasteiger partial charge in [-0.2, -0.15) is 0 Å². The maximum absolute atomic E-state index is 10.9. The van der Waals surface area contributed by atoms with E-state index in [4.69, 9.17) is 5.11 Å². The van der Waals surface area contributed by atoms with Gasteiger partial charge < -0.3 is 5.11 Å². The van der Waals surface area contributed by atoms with Crippen molar-refractivity contribution in [2.24, 2.45) is 0 Å². The lowest BCUT2D eigenvalue weighted by molar-refractivity contribution is -0.140. The summed E-state index contributed by atoms with van der Waals surface area (Å²) in [5, 5.41) is 8.95. The monoisotopic (exact) mass is 242 g/mol. The molecule has 0 aromatic heterocycles.